The highest BCUT2D eigenvalue weighted by molar-refractivity contribution is 5.92. The van der Waals surface area contributed by atoms with Gasteiger partial charge in [-0.05, 0) is 55.5 Å². The van der Waals surface area contributed by atoms with E-state index in [4.69, 9.17) is 4.74 Å². The first-order valence-electron chi connectivity index (χ1n) is 9.42. The normalized spacial score (nSPS) is 22.5. The molecular formula is C21H25N3O2. The molecule has 3 heterocycles. The SMILES string of the molecule is O=C(c1ccc(OCc2ccccc2)cn1)N1CC[C@@H]2CNC[C@@H]2CC1. The van der Waals surface area contributed by atoms with Gasteiger partial charge in [0.1, 0.15) is 18.1 Å². The van der Waals surface area contributed by atoms with E-state index in [1.807, 2.05) is 41.3 Å². The standard InChI is InChI=1S/C21H25N3O2/c25-21(24-10-8-17-12-22-13-18(17)9-11-24)20-7-6-19(14-23-20)26-15-16-4-2-1-3-5-16/h1-7,14,17-18,22H,8-13,15H2/t17-,18+. The van der Waals surface area contributed by atoms with Crippen LogP contribution in [0.4, 0.5) is 0 Å². The van der Waals surface area contributed by atoms with E-state index in [2.05, 4.69) is 10.3 Å². The number of fused-ring (bicyclic) bond motifs is 1. The molecular weight excluding hydrogens is 326 g/mol. The van der Waals surface area contributed by atoms with E-state index in [9.17, 15) is 4.79 Å². The van der Waals surface area contributed by atoms with Gasteiger partial charge in [0.05, 0.1) is 6.20 Å². The van der Waals surface area contributed by atoms with Crippen LogP contribution in [0, 0.1) is 11.8 Å². The average Bonchev–Trinajstić information content (AvgIpc) is 3.05. The summed E-state index contributed by atoms with van der Waals surface area (Å²) in [5, 5.41) is 3.47. The van der Waals surface area contributed by atoms with Crippen molar-refractivity contribution in [2.75, 3.05) is 26.2 Å². The summed E-state index contributed by atoms with van der Waals surface area (Å²) in [6, 6.07) is 13.6. The molecule has 136 valence electrons. The summed E-state index contributed by atoms with van der Waals surface area (Å²) in [7, 11) is 0. The van der Waals surface area contributed by atoms with Gasteiger partial charge in [0.15, 0.2) is 0 Å². The second kappa shape index (κ2) is 7.87. The number of hydrogen-bond donors (Lipinski definition) is 1. The van der Waals surface area contributed by atoms with Crippen LogP contribution >= 0.6 is 0 Å². The molecule has 0 saturated carbocycles. The monoisotopic (exact) mass is 351 g/mol. The summed E-state index contributed by atoms with van der Waals surface area (Å²) in [4.78, 5) is 19.1. The van der Waals surface area contributed by atoms with Gasteiger partial charge in [0.25, 0.3) is 5.91 Å². The van der Waals surface area contributed by atoms with Crippen LogP contribution in [0.3, 0.4) is 0 Å². The molecule has 1 amide bonds. The molecule has 2 saturated heterocycles. The van der Waals surface area contributed by atoms with Crippen LogP contribution < -0.4 is 10.1 Å². The molecule has 5 heteroatoms. The van der Waals surface area contributed by atoms with E-state index in [1.54, 1.807) is 12.3 Å². The van der Waals surface area contributed by atoms with Crippen LogP contribution in [0.5, 0.6) is 5.75 Å². The maximum atomic E-state index is 12.8. The molecule has 0 aliphatic carbocycles. The summed E-state index contributed by atoms with van der Waals surface area (Å²) in [6.07, 6.45) is 3.82. The van der Waals surface area contributed by atoms with Crippen molar-refractivity contribution in [1.82, 2.24) is 15.2 Å². The fourth-order valence-corrected chi connectivity index (χ4v) is 3.92. The zero-order valence-corrected chi connectivity index (χ0v) is 14.9. The Balaban J connectivity index is 1.34. The zero-order valence-electron chi connectivity index (χ0n) is 14.9. The highest BCUT2D eigenvalue weighted by atomic mass is 16.5. The first-order chi connectivity index (χ1) is 12.8. The molecule has 4 rings (SSSR count). The maximum Gasteiger partial charge on any atom is 0.272 e. The summed E-state index contributed by atoms with van der Waals surface area (Å²) in [5.41, 5.74) is 1.61. The minimum absolute atomic E-state index is 0.0348. The predicted molar refractivity (Wildman–Crippen MR) is 100.0 cm³/mol. The number of nitrogens with zero attached hydrogens (tertiary/aromatic N) is 2. The van der Waals surface area contributed by atoms with Gasteiger partial charge >= 0.3 is 0 Å². The number of benzene rings is 1. The molecule has 0 bridgehead atoms. The third-order valence-electron chi connectivity index (χ3n) is 5.51. The number of nitrogens with one attached hydrogen (secondary N) is 1. The highest BCUT2D eigenvalue weighted by Crippen LogP contribution is 2.27. The van der Waals surface area contributed by atoms with Gasteiger partial charge in [0, 0.05) is 13.1 Å². The Hall–Kier alpha value is -2.40. The Bertz CT molecular complexity index is 719. The van der Waals surface area contributed by atoms with E-state index in [-0.39, 0.29) is 5.91 Å². The minimum Gasteiger partial charge on any atom is -0.487 e. The number of carbonyl (C=O) groups excluding carboxylic acids is 1. The van der Waals surface area contributed by atoms with Gasteiger partial charge in [-0.25, -0.2) is 4.98 Å². The van der Waals surface area contributed by atoms with E-state index in [0.29, 0.717) is 18.1 Å². The Morgan fingerprint density at radius 3 is 2.46 bits per heavy atom. The van der Waals surface area contributed by atoms with Gasteiger partial charge in [-0.3, -0.25) is 4.79 Å². The topological polar surface area (TPSA) is 54.5 Å². The molecule has 0 radical (unpaired) electrons. The van der Waals surface area contributed by atoms with Gasteiger partial charge in [-0.15, -0.1) is 0 Å². The lowest BCUT2D eigenvalue weighted by Gasteiger charge is -2.20. The molecule has 1 aromatic carbocycles. The molecule has 2 aromatic rings. The Morgan fingerprint density at radius 2 is 1.81 bits per heavy atom. The second-order valence-corrected chi connectivity index (χ2v) is 7.20. The fraction of sp³-hybridized carbons (Fsp3) is 0.429. The third kappa shape index (κ3) is 3.88. The van der Waals surface area contributed by atoms with Crippen molar-refractivity contribution in [2.24, 2.45) is 11.8 Å². The van der Waals surface area contributed by atoms with Crippen LogP contribution in [0.25, 0.3) is 0 Å². The molecule has 2 fully saturated rings. The van der Waals surface area contributed by atoms with E-state index >= 15 is 0 Å². The molecule has 26 heavy (non-hydrogen) atoms. The molecule has 0 spiro atoms. The molecule has 2 aliphatic heterocycles. The Kier molecular flexibility index (Phi) is 5.16. The van der Waals surface area contributed by atoms with Gasteiger partial charge < -0.3 is 15.0 Å². The molecule has 2 aliphatic rings. The van der Waals surface area contributed by atoms with Gasteiger partial charge in [-0.2, -0.15) is 0 Å². The highest BCUT2D eigenvalue weighted by Gasteiger charge is 2.31. The van der Waals surface area contributed by atoms with Crippen molar-refractivity contribution >= 4 is 5.91 Å². The first-order valence-corrected chi connectivity index (χ1v) is 9.42. The van der Waals surface area contributed by atoms with Crippen LogP contribution in [-0.4, -0.2) is 42.0 Å². The maximum absolute atomic E-state index is 12.8. The summed E-state index contributed by atoms with van der Waals surface area (Å²) in [5.74, 6) is 2.15. The summed E-state index contributed by atoms with van der Waals surface area (Å²) >= 11 is 0. The van der Waals surface area contributed by atoms with Crippen molar-refractivity contribution in [3.8, 4) is 5.75 Å². The quantitative estimate of drug-likeness (QED) is 0.920. The molecule has 5 nitrogen and oxygen atoms in total. The smallest absolute Gasteiger partial charge is 0.272 e. The van der Waals surface area contributed by atoms with Crippen LogP contribution in [0.15, 0.2) is 48.7 Å². The number of carbonyl (C=O) groups is 1. The lowest BCUT2D eigenvalue weighted by molar-refractivity contribution is 0.0752. The minimum atomic E-state index is 0.0348. The Labute approximate surface area is 154 Å². The number of likely N-dealkylation sites (tertiary alicyclic amines) is 1. The summed E-state index contributed by atoms with van der Waals surface area (Å²) < 4.78 is 5.75. The second-order valence-electron chi connectivity index (χ2n) is 7.20. The number of amides is 1. The van der Waals surface area contributed by atoms with Crippen LogP contribution in [0.1, 0.15) is 28.9 Å². The number of pyridine rings is 1. The molecule has 1 aromatic heterocycles. The van der Waals surface area contributed by atoms with Crippen LogP contribution in [-0.2, 0) is 6.61 Å². The van der Waals surface area contributed by atoms with Gasteiger partial charge in [-0.1, -0.05) is 30.3 Å². The van der Waals surface area contributed by atoms with Crippen molar-refractivity contribution in [2.45, 2.75) is 19.4 Å². The Morgan fingerprint density at radius 1 is 1.08 bits per heavy atom. The van der Waals surface area contributed by atoms with E-state index in [0.717, 1.165) is 56.4 Å². The van der Waals surface area contributed by atoms with Crippen LogP contribution in [0.2, 0.25) is 0 Å². The zero-order chi connectivity index (χ0) is 17.8. The van der Waals surface area contributed by atoms with Crippen molar-refractivity contribution in [3.05, 3.63) is 59.9 Å². The third-order valence-corrected chi connectivity index (χ3v) is 5.51. The number of hydrogen-bond acceptors (Lipinski definition) is 4. The molecule has 2 atom stereocenters. The van der Waals surface area contributed by atoms with Gasteiger partial charge in [0.2, 0.25) is 0 Å². The largest absolute Gasteiger partial charge is 0.487 e. The fourth-order valence-electron chi connectivity index (χ4n) is 3.92. The number of rotatable bonds is 4. The van der Waals surface area contributed by atoms with Crippen molar-refractivity contribution in [1.29, 1.82) is 0 Å². The van der Waals surface area contributed by atoms with E-state index in [1.165, 1.54) is 0 Å². The van der Waals surface area contributed by atoms with Crippen molar-refractivity contribution in [3.63, 3.8) is 0 Å². The summed E-state index contributed by atoms with van der Waals surface area (Å²) in [6.45, 7) is 4.35. The molecule has 1 N–H and O–H groups in total. The van der Waals surface area contributed by atoms with Crippen molar-refractivity contribution < 1.29 is 9.53 Å². The molecule has 0 unspecified atom stereocenters. The number of aromatic nitrogens is 1. The first kappa shape index (κ1) is 17.0. The predicted octanol–water partition coefficient (Wildman–Crippen LogP) is 2.73. The lowest BCUT2D eigenvalue weighted by Crippen LogP contribution is -2.33. The average molecular weight is 351 g/mol. The number of ether oxygens (including phenoxy) is 1. The lowest BCUT2D eigenvalue weighted by atomic mass is 9.92. The van der Waals surface area contributed by atoms with E-state index < -0.39 is 0 Å².